The zero-order chi connectivity index (χ0) is 12.3. The van der Waals surface area contributed by atoms with Gasteiger partial charge in [0.15, 0.2) is 0 Å². The van der Waals surface area contributed by atoms with Gasteiger partial charge in [0.25, 0.3) is 0 Å². The summed E-state index contributed by atoms with van der Waals surface area (Å²) in [7, 11) is 0. The lowest BCUT2D eigenvalue weighted by Gasteiger charge is -2.31. The molecule has 0 bridgehead atoms. The van der Waals surface area contributed by atoms with Crippen LogP contribution in [0.2, 0.25) is 0 Å². The van der Waals surface area contributed by atoms with Gasteiger partial charge in [0.05, 0.1) is 0 Å². The van der Waals surface area contributed by atoms with Crippen LogP contribution < -0.4 is 0 Å². The van der Waals surface area contributed by atoms with Crippen molar-refractivity contribution in [3.05, 3.63) is 48.8 Å². The van der Waals surface area contributed by atoms with Crippen molar-refractivity contribution in [1.82, 2.24) is 0 Å². The smallest absolute Gasteiger partial charge is 0.115 e. The standard InChI is InChI=1S/C15H22O/c1-6-11-9-13(15(4,5)8-3)14(16)10-12(11)7-2/h6,8-12,16H,1,3,7H2,2,4-5H3. The summed E-state index contributed by atoms with van der Waals surface area (Å²) < 4.78 is 0. The van der Waals surface area contributed by atoms with Crippen molar-refractivity contribution in [2.24, 2.45) is 17.3 Å². The maximum Gasteiger partial charge on any atom is 0.115 e. The molecule has 2 unspecified atom stereocenters. The molecule has 0 fully saturated rings. The predicted molar refractivity (Wildman–Crippen MR) is 70.2 cm³/mol. The third-order valence-corrected chi connectivity index (χ3v) is 3.45. The van der Waals surface area contributed by atoms with Crippen LogP contribution in [0.5, 0.6) is 0 Å². The first-order valence-electron chi connectivity index (χ1n) is 5.85. The zero-order valence-corrected chi connectivity index (χ0v) is 10.5. The van der Waals surface area contributed by atoms with Gasteiger partial charge in [-0.1, -0.05) is 39.0 Å². The molecule has 0 aromatic rings. The molecule has 1 N–H and O–H groups in total. The van der Waals surface area contributed by atoms with Crippen molar-refractivity contribution in [3.63, 3.8) is 0 Å². The van der Waals surface area contributed by atoms with Crippen molar-refractivity contribution >= 4 is 0 Å². The molecule has 0 saturated carbocycles. The molecule has 0 radical (unpaired) electrons. The summed E-state index contributed by atoms with van der Waals surface area (Å²) in [5.74, 6) is 1.08. The van der Waals surface area contributed by atoms with Crippen molar-refractivity contribution in [2.45, 2.75) is 27.2 Å². The average Bonchev–Trinajstić information content (AvgIpc) is 2.28. The first kappa shape index (κ1) is 12.8. The van der Waals surface area contributed by atoms with Gasteiger partial charge in [0, 0.05) is 11.3 Å². The zero-order valence-electron chi connectivity index (χ0n) is 10.5. The third kappa shape index (κ3) is 2.29. The van der Waals surface area contributed by atoms with Crippen LogP contribution in [0.15, 0.2) is 48.8 Å². The van der Waals surface area contributed by atoms with Gasteiger partial charge >= 0.3 is 0 Å². The van der Waals surface area contributed by atoms with Crippen LogP contribution in [0.25, 0.3) is 0 Å². The van der Waals surface area contributed by atoms with E-state index >= 15 is 0 Å². The summed E-state index contributed by atoms with van der Waals surface area (Å²) in [5, 5.41) is 10.1. The Labute approximate surface area is 98.9 Å². The molecule has 0 aliphatic heterocycles. The van der Waals surface area contributed by atoms with E-state index in [-0.39, 0.29) is 5.41 Å². The number of aliphatic hydroxyl groups excluding tert-OH is 1. The van der Waals surface area contributed by atoms with Gasteiger partial charge < -0.3 is 5.11 Å². The molecule has 1 heteroatoms. The fourth-order valence-electron chi connectivity index (χ4n) is 2.09. The Morgan fingerprint density at radius 3 is 2.44 bits per heavy atom. The maximum absolute atomic E-state index is 10.1. The minimum Gasteiger partial charge on any atom is -0.508 e. The molecule has 1 aliphatic rings. The summed E-state index contributed by atoms with van der Waals surface area (Å²) in [6.45, 7) is 13.9. The monoisotopic (exact) mass is 218 g/mol. The van der Waals surface area contributed by atoms with E-state index in [0.29, 0.717) is 17.6 Å². The Morgan fingerprint density at radius 2 is 2.00 bits per heavy atom. The van der Waals surface area contributed by atoms with Crippen LogP contribution in [0, 0.1) is 17.3 Å². The Hall–Kier alpha value is -1.24. The molecule has 2 atom stereocenters. The second-order valence-electron chi connectivity index (χ2n) is 4.94. The number of aliphatic hydroxyl groups is 1. The number of rotatable bonds is 4. The van der Waals surface area contributed by atoms with E-state index in [1.807, 2.05) is 18.2 Å². The molecule has 0 aromatic heterocycles. The molecule has 1 rings (SSSR count). The summed E-state index contributed by atoms with van der Waals surface area (Å²) >= 11 is 0. The first-order valence-corrected chi connectivity index (χ1v) is 5.85. The Bertz CT molecular complexity index is 344. The Morgan fingerprint density at radius 1 is 1.38 bits per heavy atom. The highest BCUT2D eigenvalue weighted by Gasteiger charge is 2.29. The van der Waals surface area contributed by atoms with E-state index in [0.717, 1.165) is 12.0 Å². The molecule has 1 nitrogen and oxygen atoms in total. The van der Waals surface area contributed by atoms with Crippen LogP contribution in [-0.4, -0.2) is 5.11 Å². The second kappa shape index (κ2) is 4.73. The molecule has 0 amide bonds. The second-order valence-corrected chi connectivity index (χ2v) is 4.94. The van der Waals surface area contributed by atoms with Gasteiger partial charge in [-0.2, -0.15) is 0 Å². The predicted octanol–water partition coefficient (Wildman–Crippen LogP) is 4.41. The largest absolute Gasteiger partial charge is 0.508 e. The van der Waals surface area contributed by atoms with Gasteiger partial charge in [-0.3, -0.25) is 0 Å². The van der Waals surface area contributed by atoms with Gasteiger partial charge in [0.2, 0.25) is 0 Å². The van der Waals surface area contributed by atoms with E-state index in [9.17, 15) is 5.11 Å². The minimum absolute atomic E-state index is 0.194. The lowest BCUT2D eigenvalue weighted by atomic mass is 9.74. The summed E-state index contributed by atoms with van der Waals surface area (Å²) in [6.07, 6.45) is 8.91. The fourth-order valence-corrected chi connectivity index (χ4v) is 2.09. The topological polar surface area (TPSA) is 20.2 Å². The average molecular weight is 218 g/mol. The molecule has 16 heavy (non-hydrogen) atoms. The van der Waals surface area contributed by atoms with Crippen LogP contribution in [-0.2, 0) is 0 Å². The molecular weight excluding hydrogens is 196 g/mol. The summed E-state index contributed by atoms with van der Waals surface area (Å²) in [5.41, 5.74) is 0.762. The summed E-state index contributed by atoms with van der Waals surface area (Å²) in [4.78, 5) is 0. The van der Waals surface area contributed by atoms with Gasteiger partial charge in [-0.15, -0.1) is 13.2 Å². The SMILES string of the molecule is C=CC1C=C(C(C)(C)C=C)C(O)=CC1CC. The number of hydrogen-bond donors (Lipinski definition) is 1. The number of allylic oxidation sites excluding steroid dienone is 5. The normalized spacial score (nSPS) is 25.7. The molecule has 0 saturated heterocycles. The fraction of sp³-hybridized carbons (Fsp3) is 0.467. The molecule has 1 aliphatic carbocycles. The van der Waals surface area contributed by atoms with Crippen molar-refractivity contribution in [3.8, 4) is 0 Å². The highest BCUT2D eigenvalue weighted by molar-refractivity contribution is 5.39. The van der Waals surface area contributed by atoms with E-state index in [2.05, 4.69) is 40.0 Å². The number of hydrogen-bond acceptors (Lipinski definition) is 1. The molecule has 88 valence electrons. The Kier molecular flexibility index (Phi) is 3.79. The quantitative estimate of drug-likeness (QED) is 0.693. The van der Waals surface area contributed by atoms with Crippen LogP contribution >= 0.6 is 0 Å². The van der Waals surface area contributed by atoms with Crippen molar-refractivity contribution in [2.75, 3.05) is 0 Å². The maximum atomic E-state index is 10.1. The van der Waals surface area contributed by atoms with E-state index in [1.54, 1.807) is 0 Å². The Balaban J connectivity index is 3.12. The molecule has 0 heterocycles. The van der Waals surface area contributed by atoms with Crippen LogP contribution in [0.3, 0.4) is 0 Å². The molecule has 0 spiro atoms. The van der Waals surface area contributed by atoms with Gasteiger partial charge in [-0.05, 0) is 24.0 Å². The van der Waals surface area contributed by atoms with E-state index in [4.69, 9.17) is 0 Å². The van der Waals surface area contributed by atoms with Gasteiger partial charge in [0.1, 0.15) is 5.76 Å². The molecular formula is C15H22O. The lowest BCUT2D eigenvalue weighted by Crippen LogP contribution is -2.21. The highest BCUT2D eigenvalue weighted by atomic mass is 16.3. The lowest BCUT2D eigenvalue weighted by molar-refractivity contribution is 0.364. The van der Waals surface area contributed by atoms with Crippen molar-refractivity contribution < 1.29 is 5.11 Å². The molecule has 0 aromatic carbocycles. The van der Waals surface area contributed by atoms with Crippen LogP contribution in [0.1, 0.15) is 27.2 Å². The summed E-state index contributed by atoms with van der Waals surface area (Å²) in [6, 6.07) is 0. The van der Waals surface area contributed by atoms with E-state index in [1.165, 1.54) is 0 Å². The van der Waals surface area contributed by atoms with E-state index < -0.39 is 0 Å². The first-order chi connectivity index (χ1) is 7.46. The highest BCUT2D eigenvalue weighted by Crippen LogP contribution is 2.39. The van der Waals surface area contributed by atoms with Gasteiger partial charge in [-0.25, -0.2) is 0 Å². The van der Waals surface area contributed by atoms with Crippen LogP contribution in [0.4, 0.5) is 0 Å². The third-order valence-electron chi connectivity index (χ3n) is 3.45. The van der Waals surface area contributed by atoms with Crippen molar-refractivity contribution in [1.29, 1.82) is 0 Å². The minimum atomic E-state index is -0.194.